The number of H-pyrrole nitrogens is 1. The number of nitrogens with zero attached hydrogens (tertiary/aromatic N) is 1. The highest BCUT2D eigenvalue weighted by Crippen LogP contribution is 2.43. The summed E-state index contributed by atoms with van der Waals surface area (Å²) in [6.45, 7) is -1.57. The Morgan fingerprint density at radius 2 is 2.00 bits per heavy atom. The van der Waals surface area contributed by atoms with Crippen molar-refractivity contribution in [2.75, 3.05) is 19.8 Å². The van der Waals surface area contributed by atoms with Crippen LogP contribution in [0.3, 0.4) is 0 Å². The largest absolute Gasteiger partial charge is 0.480 e. The van der Waals surface area contributed by atoms with Crippen molar-refractivity contribution < 1.29 is 32.6 Å². The van der Waals surface area contributed by atoms with Crippen LogP contribution in [0.1, 0.15) is 17.3 Å². The van der Waals surface area contributed by atoms with Gasteiger partial charge in [-0.15, -0.1) is 0 Å². The number of rotatable bonds is 4. The molecule has 1 aromatic heterocycles. The minimum Gasteiger partial charge on any atom is -0.480 e. The highest BCUT2D eigenvalue weighted by Gasteiger charge is 2.50. The first kappa shape index (κ1) is 17.3. The van der Waals surface area contributed by atoms with E-state index in [4.69, 9.17) is 5.11 Å². The molecule has 0 spiro atoms. The monoisotopic (exact) mass is 356 g/mol. The van der Waals surface area contributed by atoms with Gasteiger partial charge in [-0.3, -0.25) is 4.79 Å². The summed E-state index contributed by atoms with van der Waals surface area (Å²) in [6.07, 6.45) is -4.39. The number of carboxylic acids is 1. The molecule has 0 saturated carbocycles. The van der Waals surface area contributed by atoms with Crippen molar-refractivity contribution in [3.05, 3.63) is 35.5 Å². The molecule has 0 bridgehead atoms. The Bertz CT molecular complexity index is 815. The average molecular weight is 356 g/mol. The molecule has 3 rings (SSSR count). The predicted octanol–water partition coefficient (Wildman–Crippen LogP) is 2.26. The molecule has 0 saturated heterocycles. The second-order valence-electron chi connectivity index (χ2n) is 5.73. The lowest BCUT2D eigenvalue weighted by Gasteiger charge is -2.36. The van der Waals surface area contributed by atoms with Crippen LogP contribution in [0.2, 0.25) is 0 Å². The molecule has 1 atom stereocenters. The third kappa shape index (κ3) is 3.32. The van der Waals surface area contributed by atoms with E-state index >= 15 is 0 Å². The summed E-state index contributed by atoms with van der Waals surface area (Å²) in [6, 6.07) is 4.78. The molecule has 2 N–H and O–H groups in total. The molecule has 25 heavy (non-hydrogen) atoms. The van der Waals surface area contributed by atoms with E-state index in [1.807, 2.05) is 0 Å². The second kappa shape index (κ2) is 6.40. The number of nitrogens with one attached hydrogen (secondary N) is 1. The smallest absolute Gasteiger partial charge is 0.414 e. The fourth-order valence-electron chi connectivity index (χ4n) is 3.16. The minimum atomic E-state index is -4.67. The number of aliphatic carboxylic acids is 1. The summed E-state index contributed by atoms with van der Waals surface area (Å²) >= 11 is 0. The number of ether oxygens (including phenoxy) is 1. The molecule has 1 aromatic carbocycles. The van der Waals surface area contributed by atoms with Gasteiger partial charge in [0.05, 0.1) is 5.69 Å². The topological polar surface area (TPSA) is 82.6 Å². The molecular weight excluding hydrogens is 341 g/mol. The molecule has 2 aromatic rings. The number of halogens is 3. The molecular formula is C16H15F3N2O4. The van der Waals surface area contributed by atoms with Crippen LogP contribution in [-0.4, -0.2) is 52.8 Å². The highest BCUT2D eigenvalue weighted by molar-refractivity contribution is 5.86. The Morgan fingerprint density at radius 3 is 2.68 bits per heavy atom. The maximum Gasteiger partial charge on any atom is 0.414 e. The molecule has 1 aliphatic rings. The van der Waals surface area contributed by atoms with Gasteiger partial charge in [-0.2, -0.15) is 13.2 Å². The molecule has 0 unspecified atom stereocenters. The van der Waals surface area contributed by atoms with E-state index in [2.05, 4.69) is 9.72 Å². The first-order chi connectivity index (χ1) is 11.8. The lowest BCUT2D eigenvalue weighted by molar-refractivity contribution is -0.196. The van der Waals surface area contributed by atoms with Gasteiger partial charge >= 0.3 is 12.1 Å². The van der Waals surface area contributed by atoms with E-state index < -0.39 is 37.3 Å². The molecule has 2 heterocycles. The van der Waals surface area contributed by atoms with Crippen LogP contribution >= 0.6 is 0 Å². The lowest BCUT2D eigenvalue weighted by atomic mass is 9.97. The van der Waals surface area contributed by atoms with E-state index in [1.165, 1.54) is 0 Å². The molecule has 0 radical (unpaired) electrons. The first-order valence-corrected chi connectivity index (χ1v) is 7.54. The van der Waals surface area contributed by atoms with Gasteiger partial charge in [0.2, 0.25) is 5.91 Å². The number of fused-ring (bicyclic) bond motifs is 3. The fraction of sp³-hybridized carbons (Fsp3) is 0.375. The van der Waals surface area contributed by atoms with Crippen LogP contribution in [0.25, 0.3) is 10.9 Å². The standard InChI is InChI=1S/C16H15F3N2O4/c17-16(18,19)15-14-10(9-3-1-2-4-11(9)20-14)5-6-21(15)12(22)7-25-8-13(23)24/h1-4,15,20H,5-8H2,(H,23,24)/t15-/m1/s1. The molecule has 6 nitrogen and oxygen atoms in total. The van der Waals surface area contributed by atoms with Crippen molar-refractivity contribution in [1.29, 1.82) is 0 Å². The zero-order valence-electron chi connectivity index (χ0n) is 13.0. The van der Waals surface area contributed by atoms with E-state index in [9.17, 15) is 22.8 Å². The molecule has 1 amide bonds. The zero-order valence-corrected chi connectivity index (χ0v) is 13.0. The van der Waals surface area contributed by atoms with Crippen LogP contribution in [0.5, 0.6) is 0 Å². The van der Waals surface area contributed by atoms with Crippen LogP contribution in [0.4, 0.5) is 13.2 Å². The fourth-order valence-corrected chi connectivity index (χ4v) is 3.16. The molecule has 134 valence electrons. The maximum atomic E-state index is 13.7. The number of carbonyl (C=O) groups excluding carboxylic acids is 1. The van der Waals surface area contributed by atoms with Gasteiger partial charge in [0.15, 0.2) is 6.04 Å². The quantitative estimate of drug-likeness (QED) is 0.880. The zero-order chi connectivity index (χ0) is 18.2. The second-order valence-corrected chi connectivity index (χ2v) is 5.73. The highest BCUT2D eigenvalue weighted by atomic mass is 19.4. The van der Waals surface area contributed by atoms with Gasteiger partial charge in [-0.05, 0) is 18.1 Å². The average Bonchev–Trinajstić information content (AvgIpc) is 2.90. The number of amides is 1. The van der Waals surface area contributed by atoms with E-state index in [1.54, 1.807) is 24.3 Å². The molecule has 0 aliphatic carbocycles. The number of alkyl halides is 3. The summed E-state index contributed by atoms with van der Waals surface area (Å²) in [5.74, 6) is -2.19. The third-order valence-electron chi connectivity index (χ3n) is 4.12. The van der Waals surface area contributed by atoms with Gasteiger partial charge in [-0.1, -0.05) is 18.2 Å². The Hall–Kier alpha value is -2.55. The Morgan fingerprint density at radius 1 is 1.28 bits per heavy atom. The van der Waals surface area contributed by atoms with Crippen LogP contribution in [0.15, 0.2) is 24.3 Å². The number of hydrogen-bond acceptors (Lipinski definition) is 3. The summed E-state index contributed by atoms with van der Waals surface area (Å²) in [7, 11) is 0. The van der Waals surface area contributed by atoms with Gasteiger partial charge in [0, 0.05) is 17.4 Å². The van der Waals surface area contributed by atoms with Crippen molar-refractivity contribution in [3.8, 4) is 0 Å². The van der Waals surface area contributed by atoms with E-state index in [-0.39, 0.29) is 18.7 Å². The Balaban J connectivity index is 1.93. The minimum absolute atomic E-state index is 0.0495. The van der Waals surface area contributed by atoms with E-state index in [0.29, 0.717) is 21.4 Å². The predicted molar refractivity (Wildman–Crippen MR) is 81.0 cm³/mol. The SMILES string of the molecule is O=C(O)COCC(=O)N1CCc2c([nH]c3ccccc23)[C@@H]1C(F)(F)F. The van der Waals surface area contributed by atoms with Gasteiger partial charge in [-0.25, -0.2) is 4.79 Å². The van der Waals surface area contributed by atoms with Crippen LogP contribution in [0, 0.1) is 0 Å². The summed E-state index contributed by atoms with van der Waals surface area (Å²) in [5.41, 5.74) is 1.08. The number of para-hydroxylation sites is 1. The normalized spacial score (nSPS) is 17.6. The first-order valence-electron chi connectivity index (χ1n) is 7.54. The number of carbonyl (C=O) groups is 2. The summed E-state index contributed by atoms with van der Waals surface area (Å²) < 4.78 is 45.6. The van der Waals surface area contributed by atoms with Gasteiger partial charge < -0.3 is 19.7 Å². The molecule has 1 aliphatic heterocycles. The number of carboxylic acid groups (broad SMARTS) is 1. The third-order valence-corrected chi connectivity index (χ3v) is 4.12. The molecule has 0 fully saturated rings. The van der Waals surface area contributed by atoms with Crippen molar-refractivity contribution >= 4 is 22.8 Å². The van der Waals surface area contributed by atoms with Crippen molar-refractivity contribution in [2.24, 2.45) is 0 Å². The van der Waals surface area contributed by atoms with Gasteiger partial charge in [0.1, 0.15) is 13.2 Å². The number of hydrogen-bond donors (Lipinski definition) is 2. The van der Waals surface area contributed by atoms with Crippen LogP contribution in [-0.2, 0) is 20.7 Å². The van der Waals surface area contributed by atoms with Gasteiger partial charge in [0.25, 0.3) is 0 Å². The molecule has 9 heteroatoms. The number of aromatic nitrogens is 1. The maximum absolute atomic E-state index is 13.7. The Labute approximate surface area is 140 Å². The summed E-state index contributed by atoms with van der Waals surface area (Å²) in [4.78, 5) is 26.0. The number of benzene rings is 1. The van der Waals surface area contributed by atoms with Crippen molar-refractivity contribution in [2.45, 2.75) is 18.6 Å². The van der Waals surface area contributed by atoms with Crippen LogP contribution < -0.4 is 0 Å². The van der Waals surface area contributed by atoms with Crippen molar-refractivity contribution in [3.63, 3.8) is 0 Å². The summed E-state index contributed by atoms with van der Waals surface area (Å²) in [5, 5.41) is 9.20. The number of aromatic amines is 1. The van der Waals surface area contributed by atoms with Crippen molar-refractivity contribution in [1.82, 2.24) is 9.88 Å². The lowest BCUT2D eigenvalue weighted by Crippen LogP contribution is -2.47. The van der Waals surface area contributed by atoms with E-state index in [0.717, 1.165) is 0 Å². The Kier molecular flexibility index (Phi) is 4.42.